The summed E-state index contributed by atoms with van der Waals surface area (Å²) in [6, 6.07) is 11.5. The number of anilines is 2. The van der Waals surface area contributed by atoms with Crippen molar-refractivity contribution in [1.82, 2.24) is 14.2 Å². The first-order valence-electron chi connectivity index (χ1n) is 10.3. The summed E-state index contributed by atoms with van der Waals surface area (Å²) in [6.07, 6.45) is 1.50. The van der Waals surface area contributed by atoms with E-state index in [0.29, 0.717) is 13.1 Å². The van der Waals surface area contributed by atoms with Gasteiger partial charge in [-0.05, 0) is 31.3 Å². The van der Waals surface area contributed by atoms with Crippen LogP contribution in [0.3, 0.4) is 0 Å². The van der Waals surface area contributed by atoms with Crippen LogP contribution in [0.4, 0.5) is 11.5 Å². The molecule has 162 valence electrons. The molecule has 1 aromatic heterocycles. The van der Waals surface area contributed by atoms with E-state index in [0.717, 1.165) is 56.5 Å². The number of para-hydroxylation sites is 2. The van der Waals surface area contributed by atoms with E-state index in [2.05, 4.69) is 25.8 Å². The van der Waals surface area contributed by atoms with Gasteiger partial charge in [0.05, 0.1) is 12.8 Å². The number of aromatic nitrogens is 1. The number of rotatable bonds is 5. The van der Waals surface area contributed by atoms with Gasteiger partial charge in [-0.3, -0.25) is 0 Å². The minimum Gasteiger partial charge on any atom is -0.495 e. The number of methoxy groups -OCH3 is 1. The number of nitrogens with zero attached hydrogens (tertiary/aromatic N) is 5. The summed E-state index contributed by atoms with van der Waals surface area (Å²) in [5.41, 5.74) is 1.10. The Morgan fingerprint density at radius 1 is 0.867 bits per heavy atom. The van der Waals surface area contributed by atoms with Gasteiger partial charge in [0.1, 0.15) is 16.5 Å². The average molecular weight is 432 g/mol. The Balaban J connectivity index is 1.40. The maximum Gasteiger partial charge on any atom is 0.244 e. The molecule has 0 saturated carbocycles. The fourth-order valence-corrected chi connectivity index (χ4v) is 5.33. The Labute approximate surface area is 178 Å². The standard InChI is InChI=1S/C21H29N5O3S/c1-23-9-15-26(16-10-23)30(27,28)18-7-8-21(22-17-18)25-13-11-24(12-14-25)19-5-3-4-6-20(19)29-2/h3-8,17H,9-16H2,1-2H3. The predicted molar refractivity (Wildman–Crippen MR) is 118 cm³/mol. The van der Waals surface area contributed by atoms with Crippen molar-refractivity contribution in [2.75, 3.05) is 76.3 Å². The van der Waals surface area contributed by atoms with Crippen molar-refractivity contribution >= 4 is 21.5 Å². The number of hydrogen-bond acceptors (Lipinski definition) is 7. The molecule has 8 nitrogen and oxygen atoms in total. The number of hydrogen-bond donors (Lipinski definition) is 0. The molecule has 0 unspecified atom stereocenters. The number of ether oxygens (including phenoxy) is 1. The number of piperazine rings is 2. The lowest BCUT2D eigenvalue weighted by molar-refractivity contribution is 0.222. The molecule has 9 heteroatoms. The smallest absolute Gasteiger partial charge is 0.244 e. The third-order valence-electron chi connectivity index (χ3n) is 5.85. The van der Waals surface area contributed by atoms with Gasteiger partial charge in [-0.15, -0.1) is 0 Å². The molecule has 2 fully saturated rings. The second-order valence-corrected chi connectivity index (χ2v) is 9.64. The lowest BCUT2D eigenvalue weighted by Crippen LogP contribution is -2.47. The molecule has 0 aliphatic carbocycles. The number of likely N-dealkylation sites (N-methyl/N-ethyl adjacent to an activating group) is 1. The SMILES string of the molecule is COc1ccccc1N1CCN(c2ccc(S(=O)(=O)N3CCN(C)CC3)cn2)CC1. The molecule has 2 aliphatic heterocycles. The van der Waals surface area contributed by atoms with Crippen LogP contribution in [0.15, 0.2) is 47.5 Å². The predicted octanol–water partition coefficient (Wildman–Crippen LogP) is 1.35. The van der Waals surface area contributed by atoms with E-state index in [4.69, 9.17) is 4.74 Å². The summed E-state index contributed by atoms with van der Waals surface area (Å²) in [6.45, 7) is 5.87. The van der Waals surface area contributed by atoms with Gasteiger partial charge in [0.2, 0.25) is 10.0 Å². The van der Waals surface area contributed by atoms with E-state index >= 15 is 0 Å². The van der Waals surface area contributed by atoms with Crippen molar-refractivity contribution in [2.24, 2.45) is 0 Å². The van der Waals surface area contributed by atoms with Crippen molar-refractivity contribution in [3.05, 3.63) is 42.6 Å². The topological polar surface area (TPSA) is 69.2 Å². The summed E-state index contributed by atoms with van der Waals surface area (Å²) < 4.78 is 32.8. The second kappa shape index (κ2) is 8.79. The lowest BCUT2D eigenvalue weighted by Gasteiger charge is -2.37. The lowest BCUT2D eigenvalue weighted by atomic mass is 10.2. The molecule has 30 heavy (non-hydrogen) atoms. The first-order chi connectivity index (χ1) is 14.5. The van der Waals surface area contributed by atoms with Crippen LogP contribution >= 0.6 is 0 Å². The molecule has 0 radical (unpaired) electrons. The zero-order valence-electron chi connectivity index (χ0n) is 17.6. The van der Waals surface area contributed by atoms with Crippen LogP contribution in [0.2, 0.25) is 0 Å². The van der Waals surface area contributed by atoms with Crippen LogP contribution in [0, 0.1) is 0 Å². The highest BCUT2D eigenvalue weighted by Crippen LogP contribution is 2.29. The third-order valence-corrected chi connectivity index (χ3v) is 7.73. The highest BCUT2D eigenvalue weighted by atomic mass is 32.2. The highest BCUT2D eigenvalue weighted by molar-refractivity contribution is 7.89. The van der Waals surface area contributed by atoms with Crippen molar-refractivity contribution in [3.63, 3.8) is 0 Å². The third kappa shape index (κ3) is 4.23. The second-order valence-electron chi connectivity index (χ2n) is 7.71. The van der Waals surface area contributed by atoms with Crippen molar-refractivity contribution < 1.29 is 13.2 Å². The zero-order valence-corrected chi connectivity index (χ0v) is 18.4. The van der Waals surface area contributed by atoms with Crippen molar-refractivity contribution in [1.29, 1.82) is 0 Å². The van der Waals surface area contributed by atoms with Gasteiger partial charge in [-0.25, -0.2) is 13.4 Å². The molecule has 0 spiro atoms. The molecule has 2 saturated heterocycles. The molecule has 2 aliphatic rings. The average Bonchev–Trinajstić information content (AvgIpc) is 2.79. The molecule has 4 rings (SSSR count). The van der Waals surface area contributed by atoms with Gasteiger partial charge in [0.25, 0.3) is 0 Å². The summed E-state index contributed by atoms with van der Waals surface area (Å²) in [5, 5.41) is 0. The molecule has 3 heterocycles. The van der Waals surface area contributed by atoms with Gasteiger partial charge < -0.3 is 19.4 Å². The molecule has 1 aromatic carbocycles. The fraction of sp³-hybridized carbons (Fsp3) is 0.476. The quantitative estimate of drug-likeness (QED) is 0.708. The normalized spacial score (nSPS) is 19.1. The van der Waals surface area contributed by atoms with E-state index in [1.165, 1.54) is 6.20 Å². The van der Waals surface area contributed by atoms with Crippen LogP contribution in [0.5, 0.6) is 5.75 Å². The van der Waals surface area contributed by atoms with Gasteiger partial charge in [-0.1, -0.05) is 12.1 Å². The van der Waals surface area contributed by atoms with E-state index < -0.39 is 10.0 Å². The Hall–Kier alpha value is -2.36. The maximum atomic E-state index is 12.9. The summed E-state index contributed by atoms with van der Waals surface area (Å²) >= 11 is 0. The number of sulfonamides is 1. The minimum atomic E-state index is -3.48. The van der Waals surface area contributed by atoms with Crippen LogP contribution < -0.4 is 14.5 Å². The van der Waals surface area contributed by atoms with Crippen molar-refractivity contribution in [3.8, 4) is 5.75 Å². The van der Waals surface area contributed by atoms with Crippen LogP contribution in [-0.4, -0.2) is 89.1 Å². The molecular weight excluding hydrogens is 402 g/mol. The summed E-state index contributed by atoms with van der Waals surface area (Å²) in [7, 11) is 0.217. The molecule has 0 N–H and O–H groups in total. The zero-order chi connectivity index (χ0) is 21.1. The minimum absolute atomic E-state index is 0.267. The molecular formula is C21H29N5O3S. The molecule has 0 bridgehead atoms. The molecule has 0 atom stereocenters. The Morgan fingerprint density at radius 2 is 1.53 bits per heavy atom. The van der Waals surface area contributed by atoms with E-state index in [1.807, 2.05) is 31.3 Å². The monoisotopic (exact) mass is 431 g/mol. The maximum absolute atomic E-state index is 12.9. The van der Waals surface area contributed by atoms with Crippen LogP contribution in [-0.2, 0) is 10.0 Å². The van der Waals surface area contributed by atoms with E-state index in [1.54, 1.807) is 17.5 Å². The van der Waals surface area contributed by atoms with Gasteiger partial charge in [0, 0.05) is 58.6 Å². The fourth-order valence-electron chi connectivity index (χ4n) is 3.96. The van der Waals surface area contributed by atoms with Crippen LogP contribution in [0.25, 0.3) is 0 Å². The van der Waals surface area contributed by atoms with Gasteiger partial charge in [0.15, 0.2) is 0 Å². The Morgan fingerprint density at radius 3 is 2.17 bits per heavy atom. The largest absolute Gasteiger partial charge is 0.495 e. The molecule has 0 amide bonds. The number of benzene rings is 1. The van der Waals surface area contributed by atoms with E-state index in [9.17, 15) is 8.42 Å². The Bertz CT molecular complexity index is 951. The highest BCUT2D eigenvalue weighted by Gasteiger charge is 2.28. The summed E-state index contributed by atoms with van der Waals surface area (Å²) in [5.74, 6) is 1.69. The van der Waals surface area contributed by atoms with Gasteiger partial charge >= 0.3 is 0 Å². The first kappa shape index (κ1) is 20.9. The van der Waals surface area contributed by atoms with Crippen molar-refractivity contribution in [2.45, 2.75) is 4.90 Å². The Kier molecular flexibility index (Phi) is 6.12. The summed E-state index contributed by atoms with van der Waals surface area (Å²) in [4.78, 5) is 11.4. The van der Waals surface area contributed by atoms with E-state index in [-0.39, 0.29) is 4.90 Å². The first-order valence-corrected chi connectivity index (χ1v) is 11.7. The van der Waals surface area contributed by atoms with Gasteiger partial charge in [-0.2, -0.15) is 4.31 Å². The molecule has 2 aromatic rings. The van der Waals surface area contributed by atoms with Crippen LogP contribution in [0.1, 0.15) is 0 Å². The number of pyridine rings is 1.